The van der Waals surface area contributed by atoms with Crippen molar-refractivity contribution in [2.75, 3.05) is 0 Å². The van der Waals surface area contributed by atoms with Gasteiger partial charge in [-0.25, -0.2) is 0 Å². The third-order valence-electron chi connectivity index (χ3n) is 7.55. The highest BCUT2D eigenvalue weighted by Crippen LogP contribution is 2.38. The van der Waals surface area contributed by atoms with Gasteiger partial charge in [0.25, 0.3) is 0 Å². The van der Waals surface area contributed by atoms with Crippen LogP contribution in [0.5, 0.6) is 5.75 Å². The molecule has 1 N–H and O–H groups in total. The van der Waals surface area contributed by atoms with Crippen molar-refractivity contribution in [1.29, 1.82) is 0 Å². The van der Waals surface area contributed by atoms with Crippen LogP contribution in [0.2, 0.25) is 13.1 Å². The first-order chi connectivity index (χ1) is 13.5. The Morgan fingerprint density at radius 2 is 1.59 bits per heavy atom. The molecule has 3 rings (SSSR count). The number of rotatable bonds is 6. The number of hydrogen-bond acceptors (Lipinski definition) is 1. The van der Waals surface area contributed by atoms with E-state index in [0.717, 1.165) is 24.8 Å². The van der Waals surface area contributed by atoms with Gasteiger partial charge in [-0.05, 0) is 62.7 Å². The third kappa shape index (κ3) is 3.72. The van der Waals surface area contributed by atoms with Crippen LogP contribution in [-0.2, 0) is 17.3 Å². The lowest BCUT2D eigenvalue weighted by atomic mass is 9.76. The smallest absolute Gasteiger partial charge is 0.118 e. The van der Waals surface area contributed by atoms with Gasteiger partial charge in [0.05, 0.1) is 0 Å². The fourth-order valence-corrected chi connectivity index (χ4v) is 7.36. The quantitative estimate of drug-likeness (QED) is 0.570. The maximum atomic E-state index is 11.6. The summed E-state index contributed by atoms with van der Waals surface area (Å²) in [6, 6.07) is 11.3. The molecule has 0 saturated heterocycles. The van der Waals surface area contributed by atoms with E-state index in [0.29, 0.717) is 5.75 Å². The Labute approximate surface area is 178 Å². The average molecular weight is 407 g/mol. The van der Waals surface area contributed by atoms with Gasteiger partial charge in [0.2, 0.25) is 0 Å². The molecule has 0 bridgehead atoms. The van der Waals surface area contributed by atoms with E-state index in [-0.39, 0.29) is 10.8 Å². The SMILES string of the molecule is CCC(C)(C)c1cc(C(C)(C)CC)c(O)c([Si](C)(C)c2cccc3c2C=CC3)c1. The first-order valence-corrected chi connectivity index (χ1v) is 14.1. The predicted octanol–water partition coefficient (Wildman–Crippen LogP) is 6.16. The summed E-state index contributed by atoms with van der Waals surface area (Å²) in [4.78, 5) is 0. The van der Waals surface area contributed by atoms with E-state index in [4.69, 9.17) is 0 Å². The largest absolute Gasteiger partial charge is 0.508 e. The molecule has 0 atom stereocenters. The second-order valence-electron chi connectivity index (χ2n) is 10.5. The van der Waals surface area contributed by atoms with Crippen molar-refractivity contribution in [2.45, 2.75) is 84.7 Å². The van der Waals surface area contributed by atoms with Gasteiger partial charge < -0.3 is 5.11 Å². The molecule has 29 heavy (non-hydrogen) atoms. The molecule has 0 radical (unpaired) electrons. The fourth-order valence-electron chi connectivity index (χ4n) is 4.39. The summed E-state index contributed by atoms with van der Waals surface area (Å²) >= 11 is 0. The zero-order chi connectivity index (χ0) is 21.6. The molecule has 1 nitrogen and oxygen atoms in total. The maximum Gasteiger partial charge on any atom is 0.118 e. The Hall–Kier alpha value is -1.80. The Morgan fingerprint density at radius 3 is 2.21 bits per heavy atom. The number of allylic oxidation sites excluding steroid dienone is 1. The van der Waals surface area contributed by atoms with Crippen molar-refractivity contribution in [3.63, 3.8) is 0 Å². The fraction of sp³-hybridized carbons (Fsp3) is 0.481. The van der Waals surface area contributed by atoms with E-state index in [9.17, 15) is 5.11 Å². The molecular formula is C27H38OSi. The molecule has 0 heterocycles. The Balaban J connectivity index is 2.31. The minimum Gasteiger partial charge on any atom is -0.508 e. The maximum absolute atomic E-state index is 11.6. The summed E-state index contributed by atoms with van der Waals surface area (Å²) in [5.41, 5.74) is 5.30. The van der Waals surface area contributed by atoms with Crippen LogP contribution in [-0.4, -0.2) is 13.2 Å². The molecule has 0 aliphatic heterocycles. The van der Waals surface area contributed by atoms with Crippen LogP contribution in [0.25, 0.3) is 6.08 Å². The number of aromatic hydroxyl groups is 1. The van der Waals surface area contributed by atoms with E-state index in [2.05, 4.69) is 97.1 Å². The Bertz CT molecular complexity index is 947. The van der Waals surface area contributed by atoms with Crippen molar-refractivity contribution in [2.24, 2.45) is 0 Å². The van der Waals surface area contributed by atoms with Crippen molar-refractivity contribution >= 4 is 24.5 Å². The molecule has 0 amide bonds. The van der Waals surface area contributed by atoms with Gasteiger partial charge in [-0.2, -0.15) is 0 Å². The zero-order valence-electron chi connectivity index (χ0n) is 19.6. The van der Waals surface area contributed by atoms with E-state index < -0.39 is 8.07 Å². The van der Waals surface area contributed by atoms with Crippen LogP contribution in [0.4, 0.5) is 0 Å². The number of phenolic OH excluding ortho intramolecular Hbond substituents is 1. The van der Waals surface area contributed by atoms with Crippen molar-refractivity contribution in [3.05, 3.63) is 58.7 Å². The monoisotopic (exact) mass is 406 g/mol. The van der Waals surface area contributed by atoms with E-state index in [1.165, 1.54) is 27.1 Å². The number of benzene rings is 2. The van der Waals surface area contributed by atoms with Gasteiger partial charge in [0.1, 0.15) is 13.8 Å². The molecule has 0 aromatic heterocycles. The number of phenols is 1. The summed E-state index contributed by atoms with van der Waals surface area (Å²) < 4.78 is 0. The highest BCUT2D eigenvalue weighted by Gasteiger charge is 2.36. The highest BCUT2D eigenvalue weighted by atomic mass is 28.3. The minimum absolute atomic E-state index is 0.0539. The summed E-state index contributed by atoms with van der Waals surface area (Å²) in [5.74, 6) is 0.531. The van der Waals surface area contributed by atoms with Crippen LogP contribution < -0.4 is 10.4 Å². The van der Waals surface area contributed by atoms with Crippen molar-refractivity contribution in [1.82, 2.24) is 0 Å². The molecule has 156 valence electrons. The minimum atomic E-state index is -2.10. The van der Waals surface area contributed by atoms with Gasteiger partial charge in [0, 0.05) is 0 Å². The van der Waals surface area contributed by atoms with Crippen LogP contribution in [0, 0.1) is 0 Å². The number of fused-ring (bicyclic) bond motifs is 1. The highest BCUT2D eigenvalue weighted by molar-refractivity contribution is 7.01. The zero-order valence-corrected chi connectivity index (χ0v) is 20.6. The summed E-state index contributed by atoms with van der Waals surface area (Å²) in [6.07, 6.45) is 7.65. The lowest BCUT2D eigenvalue weighted by Crippen LogP contribution is -2.54. The molecule has 1 aliphatic carbocycles. The predicted molar refractivity (Wildman–Crippen MR) is 131 cm³/mol. The van der Waals surface area contributed by atoms with Crippen LogP contribution in [0.15, 0.2) is 36.4 Å². The topological polar surface area (TPSA) is 20.2 Å². The molecular weight excluding hydrogens is 368 g/mol. The van der Waals surface area contributed by atoms with Gasteiger partial charge in [-0.3, -0.25) is 0 Å². The number of hydrogen-bond donors (Lipinski definition) is 1. The Kier molecular flexibility index (Phi) is 5.64. The normalized spacial score (nSPS) is 14.3. The van der Waals surface area contributed by atoms with Crippen LogP contribution in [0.3, 0.4) is 0 Å². The summed E-state index contributed by atoms with van der Waals surface area (Å²) in [6.45, 7) is 18.4. The molecule has 2 aromatic rings. The molecule has 0 unspecified atom stereocenters. The van der Waals surface area contributed by atoms with E-state index in [1.807, 2.05) is 0 Å². The molecule has 2 aromatic carbocycles. The average Bonchev–Trinajstić information content (AvgIpc) is 3.16. The van der Waals surface area contributed by atoms with Gasteiger partial charge in [-0.15, -0.1) is 0 Å². The van der Waals surface area contributed by atoms with Crippen molar-refractivity contribution < 1.29 is 5.11 Å². The molecule has 0 spiro atoms. The summed E-state index contributed by atoms with van der Waals surface area (Å²) in [7, 11) is -2.10. The van der Waals surface area contributed by atoms with Crippen molar-refractivity contribution in [3.8, 4) is 5.75 Å². The first kappa shape index (κ1) is 21.9. The second kappa shape index (κ2) is 7.47. The van der Waals surface area contributed by atoms with Crippen LogP contribution in [0.1, 0.15) is 76.6 Å². The molecule has 0 saturated carbocycles. The molecule has 2 heteroatoms. The standard InChI is InChI=1S/C27H38OSi/c1-9-26(3,4)20-17-22(27(5,6)10-2)25(28)24(18-20)29(7,8)23-16-12-14-19-13-11-15-21(19)23/h11-12,14-18,28H,9-10,13H2,1-8H3. The second-order valence-corrected chi connectivity index (χ2v) is 14.8. The Morgan fingerprint density at radius 1 is 0.931 bits per heavy atom. The van der Waals surface area contributed by atoms with Gasteiger partial charge in [0.15, 0.2) is 0 Å². The van der Waals surface area contributed by atoms with Crippen LogP contribution >= 0.6 is 0 Å². The lowest BCUT2D eigenvalue weighted by Gasteiger charge is -2.34. The van der Waals surface area contributed by atoms with Gasteiger partial charge >= 0.3 is 0 Å². The lowest BCUT2D eigenvalue weighted by molar-refractivity contribution is 0.428. The molecule has 0 fully saturated rings. The summed E-state index contributed by atoms with van der Waals surface area (Å²) in [5, 5.41) is 14.2. The van der Waals surface area contributed by atoms with E-state index >= 15 is 0 Å². The first-order valence-electron chi connectivity index (χ1n) is 11.1. The van der Waals surface area contributed by atoms with E-state index in [1.54, 1.807) is 0 Å². The van der Waals surface area contributed by atoms with Gasteiger partial charge in [-0.1, -0.05) is 97.1 Å². The third-order valence-corrected chi connectivity index (χ3v) is 11.1. The molecule has 1 aliphatic rings.